The van der Waals surface area contributed by atoms with Crippen LogP contribution in [0.2, 0.25) is 0 Å². The zero-order valence-electron chi connectivity index (χ0n) is 13.1. The van der Waals surface area contributed by atoms with E-state index in [1.54, 1.807) is 0 Å². The second kappa shape index (κ2) is 7.72. The highest BCUT2D eigenvalue weighted by atomic mass is 32.2. The summed E-state index contributed by atoms with van der Waals surface area (Å²) in [6.45, 7) is 9.11. The summed E-state index contributed by atoms with van der Waals surface area (Å²) in [7, 11) is -3.57. The van der Waals surface area contributed by atoms with Crippen molar-refractivity contribution in [2.45, 2.75) is 44.6 Å². The molecule has 0 aromatic carbocycles. The van der Waals surface area contributed by atoms with Crippen LogP contribution in [-0.4, -0.2) is 38.7 Å². The Morgan fingerprint density at radius 3 is 2.67 bits per heavy atom. The summed E-state index contributed by atoms with van der Waals surface area (Å²) in [5, 5.41) is 3.07. The predicted molar refractivity (Wildman–Crippen MR) is 83.9 cm³/mol. The number of hydrogen-bond donors (Lipinski definition) is 2. The third-order valence-electron chi connectivity index (χ3n) is 2.82. The van der Waals surface area contributed by atoms with Gasteiger partial charge >= 0.3 is 0 Å². The fourth-order valence-corrected chi connectivity index (χ4v) is 2.93. The van der Waals surface area contributed by atoms with Crippen LogP contribution in [-0.2, 0) is 14.8 Å². The smallest absolute Gasteiger partial charge is 0.240 e. The van der Waals surface area contributed by atoms with Gasteiger partial charge in [0.05, 0.1) is 10.5 Å². The molecule has 21 heavy (non-hydrogen) atoms. The summed E-state index contributed by atoms with van der Waals surface area (Å²) in [6, 6.07) is 3.01. The van der Waals surface area contributed by atoms with Gasteiger partial charge in [-0.05, 0) is 33.3 Å². The quantitative estimate of drug-likeness (QED) is 0.728. The zero-order valence-corrected chi connectivity index (χ0v) is 14.0. The molecule has 120 valence electrons. The van der Waals surface area contributed by atoms with E-state index in [-0.39, 0.29) is 11.4 Å². The maximum atomic E-state index is 12.3. The number of anilines is 1. The molecule has 0 bridgehead atoms. The lowest BCUT2D eigenvalue weighted by atomic mass is 10.1. The lowest BCUT2D eigenvalue weighted by molar-refractivity contribution is -0.00515. The Hall–Kier alpha value is -1.18. The van der Waals surface area contributed by atoms with Gasteiger partial charge in [0.15, 0.2) is 0 Å². The van der Waals surface area contributed by atoms with Crippen molar-refractivity contribution < 1.29 is 13.2 Å². The molecule has 1 aromatic heterocycles. The van der Waals surface area contributed by atoms with E-state index >= 15 is 0 Å². The number of nitrogens with zero attached hydrogens (tertiary/aromatic N) is 1. The van der Waals surface area contributed by atoms with Gasteiger partial charge in [-0.15, -0.1) is 0 Å². The largest absolute Gasteiger partial charge is 0.375 e. The Kier molecular flexibility index (Phi) is 6.57. The Balaban J connectivity index is 2.78. The molecule has 2 N–H and O–H groups in total. The first kappa shape index (κ1) is 17.9. The van der Waals surface area contributed by atoms with E-state index in [1.165, 1.54) is 18.3 Å². The molecule has 1 heterocycles. The maximum absolute atomic E-state index is 12.3. The van der Waals surface area contributed by atoms with Crippen molar-refractivity contribution in [2.24, 2.45) is 0 Å². The molecular weight excluding hydrogens is 290 g/mol. The van der Waals surface area contributed by atoms with Gasteiger partial charge in [-0.2, -0.15) is 0 Å². The van der Waals surface area contributed by atoms with Crippen LogP contribution in [0.1, 0.15) is 34.1 Å². The van der Waals surface area contributed by atoms with Gasteiger partial charge in [0, 0.05) is 32.0 Å². The Labute approximate surface area is 127 Å². The molecule has 0 aliphatic heterocycles. The van der Waals surface area contributed by atoms with E-state index in [0.717, 1.165) is 13.0 Å². The molecule has 0 unspecified atom stereocenters. The number of hydrogen-bond acceptors (Lipinski definition) is 5. The SMILES string of the molecule is CCCNc1cc(S(=O)(=O)NCC(C)(C)OCC)ccn1. The van der Waals surface area contributed by atoms with E-state index < -0.39 is 15.6 Å². The van der Waals surface area contributed by atoms with Gasteiger partial charge in [-0.3, -0.25) is 0 Å². The second-order valence-corrected chi connectivity index (χ2v) is 7.09. The fraction of sp³-hybridized carbons (Fsp3) is 0.643. The number of sulfonamides is 1. The molecule has 0 atom stereocenters. The number of nitrogens with one attached hydrogen (secondary N) is 2. The number of rotatable bonds is 9. The van der Waals surface area contributed by atoms with Crippen LogP contribution in [0.15, 0.2) is 23.2 Å². The number of pyridine rings is 1. The second-order valence-electron chi connectivity index (χ2n) is 5.32. The predicted octanol–water partition coefficient (Wildman–Crippen LogP) is 2.00. The Morgan fingerprint density at radius 2 is 2.05 bits per heavy atom. The zero-order chi connectivity index (χ0) is 15.9. The van der Waals surface area contributed by atoms with E-state index in [9.17, 15) is 8.42 Å². The normalized spacial score (nSPS) is 12.4. The fourth-order valence-electron chi connectivity index (χ4n) is 1.72. The molecule has 0 radical (unpaired) electrons. The highest BCUT2D eigenvalue weighted by Gasteiger charge is 2.22. The molecule has 6 nitrogen and oxygen atoms in total. The van der Waals surface area contributed by atoms with E-state index in [4.69, 9.17) is 4.74 Å². The van der Waals surface area contributed by atoms with Gasteiger partial charge in [-0.25, -0.2) is 18.1 Å². The summed E-state index contributed by atoms with van der Waals surface area (Å²) >= 11 is 0. The lowest BCUT2D eigenvalue weighted by Crippen LogP contribution is -2.40. The highest BCUT2D eigenvalue weighted by Crippen LogP contribution is 2.14. The van der Waals surface area contributed by atoms with Crippen molar-refractivity contribution in [3.63, 3.8) is 0 Å². The van der Waals surface area contributed by atoms with Crippen LogP contribution in [0.4, 0.5) is 5.82 Å². The summed E-state index contributed by atoms with van der Waals surface area (Å²) < 4.78 is 32.6. The summed E-state index contributed by atoms with van der Waals surface area (Å²) in [6.07, 6.45) is 2.43. The summed E-state index contributed by atoms with van der Waals surface area (Å²) in [5.41, 5.74) is -0.544. The minimum absolute atomic E-state index is 0.198. The monoisotopic (exact) mass is 315 g/mol. The van der Waals surface area contributed by atoms with Gasteiger partial charge in [-0.1, -0.05) is 6.92 Å². The number of aromatic nitrogens is 1. The van der Waals surface area contributed by atoms with Crippen molar-refractivity contribution in [1.29, 1.82) is 0 Å². The van der Waals surface area contributed by atoms with Crippen LogP contribution in [0, 0.1) is 0 Å². The average molecular weight is 315 g/mol. The molecule has 0 spiro atoms. The minimum Gasteiger partial charge on any atom is -0.375 e. The standard InChI is InChI=1S/C14H25N3O3S/c1-5-8-15-13-10-12(7-9-16-13)21(18,19)17-11-14(3,4)20-6-2/h7,9-10,17H,5-6,8,11H2,1-4H3,(H,15,16). The van der Waals surface area contributed by atoms with Crippen molar-refractivity contribution in [3.8, 4) is 0 Å². The van der Waals surface area contributed by atoms with Crippen molar-refractivity contribution >= 4 is 15.8 Å². The van der Waals surface area contributed by atoms with Gasteiger partial charge in [0.25, 0.3) is 0 Å². The average Bonchev–Trinajstić information content (AvgIpc) is 2.44. The van der Waals surface area contributed by atoms with Crippen LogP contribution in [0.25, 0.3) is 0 Å². The van der Waals surface area contributed by atoms with Crippen molar-refractivity contribution in [2.75, 3.05) is 25.0 Å². The van der Waals surface area contributed by atoms with Gasteiger partial charge in [0.1, 0.15) is 5.82 Å². The van der Waals surface area contributed by atoms with Gasteiger partial charge < -0.3 is 10.1 Å². The molecule has 0 saturated heterocycles. The first-order valence-electron chi connectivity index (χ1n) is 7.14. The van der Waals surface area contributed by atoms with Crippen LogP contribution in [0.3, 0.4) is 0 Å². The first-order valence-corrected chi connectivity index (χ1v) is 8.62. The molecule has 0 saturated carbocycles. The lowest BCUT2D eigenvalue weighted by Gasteiger charge is -2.24. The molecule has 1 rings (SSSR count). The molecule has 7 heteroatoms. The minimum atomic E-state index is -3.57. The van der Waals surface area contributed by atoms with E-state index in [0.29, 0.717) is 12.4 Å². The highest BCUT2D eigenvalue weighted by molar-refractivity contribution is 7.89. The maximum Gasteiger partial charge on any atom is 0.240 e. The Bertz CT molecular complexity index is 544. The summed E-state index contributed by atoms with van der Waals surface area (Å²) in [4.78, 5) is 4.30. The molecule has 0 aliphatic carbocycles. The molecular formula is C14H25N3O3S. The van der Waals surface area contributed by atoms with Crippen molar-refractivity contribution in [1.82, 2.24) is 9.71 Å². The summed E-state index contributed by atoms with van der Waals surface area (Å²) in [5.74, 6) is 0.559. The van der Waals surface area contributed by atoms with Crippen LogP contribution >= 0.6 is 0 Å². The van der Waals surface area contributed by atoms with Gasteiger partial charge in [0.2, 0.25) is 10.0 Å². The third-order valence-corrected chi connectivity index (χ3v) is 4.22. The Morgan fingerprint density at radius 1 is 1.33 bits per heavy atom. The van der Waals surface area contributed by atoms with Crippen LogP contribution < -0.4 is 10.0 Å². The molecule has 0 aliphatic rings. The number of ether oxygens (including phenoxy) is 1. The molecule has 1 aromatic rings. The topological polar surface area (TPSA) is 80.3 Å². The molecule has 0 fully saturated rings. The van der Waals surface area contributed by atoms with Crippen molar-refractivity contribution in [3.05, 3.63) is 18.3 Å². The molecule has 0 amide bonds. The van der Waals surface area contributed by atoms with E-state index in [1.807, 2.05) is 27.7 Å². The van der Waals surface area contributed by atoms with Crippen LogP contribution in [0.5, 0.6) is 0 Å². The third kappa shape index (κ3) is 5.99. The van der Waals surface area contributed by atoms with E-state index in [2.05, 4.69) is 15.0 Å². The first-order chi connectivity index (χ1) is 9.80.